The first kappa shape index (κ1) is 31.0. The van der Waals surface area contributed by atoms with Crippen molar-refractivity contribution in [3.63, 3.8) is 0 Å². The number of rotatable bonds is 6. The van der Waals surface area contributed by atoms with Gasteiger partial charge in [0.05, 0.1) is 23.9 Å². The molecule has 5 rings (SSSR count). The van der Waals surface area contributed by atoms with Crippen LogP contribution in [-0.4, -0.2) is 56.7 Å². The molecule has 2 saturated heterocycles. The van der Waals surface area contributed by atoms with E-state index in [0.717, 1.165) is 23.1 Å². The highest BCUT2D eigenvalue weighted by atomic mass is 35.5. The number of hydrogen-bond acceptors (Lipinski definition) is 7. The number of aromatic nitrogens is 3. The molecule has 16 heteroatoms. The van der Waals surface area contributed by atoms with Gasteiger partial charge in [0.15, 0.2) is 5.82 Å². The largest absolute Gasteiger partial charge is 0.372 e. The van der Waals surface area contributed by atoms with Crippen LogP contribution >= 0.6 is 35.6 Å². The molecule has 1 aromatic heterocycles. The molecule has 220 valence electrons. The Hall–Kier alpha value is -2.94. The van der Waals surface area contributed by atoms with Crippen molar-refractivity contribution in [2.24, 2.45) is 5.73 Å². The molecule has 0 spiro atoms. The maximum Gasteiger partial charge on any atom is 0.270 e. The van der Waals surface area contributed by atoms with Gasteiger partial charge in [-0.1, -0.05) is 23.2 Å². The van der Waals surface area contributed by atoms with Gasteiger partial charge in [-0.15, -0.1) is 17.5 Å². The molecule has 0 bridgehead atoms. The van der Waals surface area contributed by atoms with Crippen LogP contribution < -0.4 is 16.0 Å². The average Bonchev–Trinajstić information content (AvgIpc) is 3.52. The molecule has 41 heavy (non-hydrogen) atoms. The van der Waals surface area contributed by atoms with Gasteiger partial charge in [-0.05, 0) is 36.8 Å². The molecule has 2 aliphatic heterocycles. The number of ether oxygens (including phenoxy) is 1. The molecule has 2 aromatic carbocycles. The van der Waals surface area contributed by atoms with Crippen molar-refractivity contribution in [2.75, 3.05) is 18.1 Å². The smallest absolute Gasteiger partial charge is 0.270 e. The van der Waals surface area contributed by atoms with E-state index in [1.54, 1.807) is 0 Å². The standard InChI is InChI=1S/C25H23Cl2F3N6O4.ClH/c26-13-5-12(21(30)17(27)6-13)9-32-23(37)25(39)3-4-35(24(25)38)20-10-33-36(34-20)15-8-19(31)22(40-11-15)16-7-14(28)1-2-18(16)29;/h1-2,5-7,10,15,19,22,39H,3-4,8-9,11,31H2,(H,32,37);1H/t15-,19+,22-,25?;/m1./s1. The highest BCUT2D eigenvalue weighted by molar-refractivity contribution is 6.34. The lowest BCUT2D eigenvalue weighted by atomic mass is 9.94. The van der Waals surface area contributed by atoms with Gasteiger partial charge < -0.3 is 20.9 Å². The second-order valence-electron chi connectivity index (χ2n) is 9.61. The predicted octanol–water partition coefficient (Wildman–Crippen LogP) is 3.24. The third kappa shape index (κ3) is 6.01. The first-order chi connectivity index (χ1) is 19.0. The minimum atomic E-state index is -2.42. The number of nitrogens with two attached hydrogens (primary N) is 1. The van der Waals surface area contributed by atoms with E-state index >= 15 is 0 Å². The maximum atomic E-state index is 14.2. The Bertz CT molecular complexity index is 1480. The van der Waals surface area contributed by atoms with Crippen LogP contribution in [0.1, 0.15) is 36.1 Å². The Morgan fingerprint density at radius 2 is 2.00 bits per heavy atom. The van der Waals surface area contributed by atoms with Gasteiger partial charge >= 0.3 is 0 Å². The molecule has 2 amide bonds. The van der Waals surface area contributed by atoms with Gasteiger partial charge in [0.1, 0.15) is 23.6 Å². The first-order valence-corrected chi connectivity index (χ1v) is 12.9. The van der Waals surface area contributed by atoms with E-state index in [2.05, 4.69) is 15.5 Å². The van der Waals surface area contributed by atoms with Crippen LogP contribution in [0.4, 0.5) is 19.0 Å². The molecule has 0 saturated carbocycles. The molecular formula is C25H24Cl3F3N6O4. The predicted molar refractivity (Wildman–Crippen MR) is 144 cm³/mol. The van der Waals surface area contributed by atoms with Gasteiger partial charge in [-0.3, -0.25) is 14.5 Å². The summed E-state index contributed by atoms with van der Waals surface area (Å²) < 4.78 is 47.8. The number of nitrogens with one attached hydrogen (secondary N) is 1. The van der Waals surface area contributed by atoms with E-state index in [1.165, 1.54) is 23.1 Å². The fourth-order valence-corrected chi connectivity index (χ4v) is 5.35. The highest BCUT2D eigenvalue weighted by Crippen LogP contribution is 2.34. The fraction of sp³-hybridized carbons (Fsp3) is 0.360. The number of benzene rings is 2. The van der Waals surface area contributed by atoms with Crippen molar-refractivity contribution in [1.29, 1.82) is 0 Å². The minimum absolute atomic E-state index is 0. The third-order valence-electron chi connectivity index (χ3n) is 6.94. The maximum absolute atomic E-state index is 14.2. The fourth-order valence-electron chi connectivity index (χ4n) is 4.82. The number of halogens is 6. The van der Waals surface area contributed by atoms with Crippen molar-refractivity contribution in [3.05, 3.63) is 75.2 Å². The van der Waals surface area contributed by atoms with Crippen molar-refractivity contribution in [2.45, 2.75) is 43.2 Å². The summed E-state index contributed by atoms with van der Waals surface area (Å²) in [4.78, 5) is 28.2. The van der Waals surface area contributed by atoms with Crippen molar-refractivity contribution < 1.29 is 32.6 Å². The number of hydrogen-bond donors (Lipinski definition) is 3. The number of anilines is 1. The van der Waals surface area contributed by atoms with Crippen LogP contribution in [0.25, 0.3) is 0 Å². The molecule has 4 atom stereocenters. The Morgan fingerprint density at radius 3 is 2.73 bits per heavy atom. The van der Waals surface area contributed by atoms with Crippen molar-refractivity contribution in [1.82, 2.24) is 20.3 Å². The van der Waals surface area contributed by atoms with E-state index in [4.69, 9.17) is 33.7 Å². The summed E-state index contributed by atoms with van der Waals surface area (Å²) in [7, 11) is 0. The molecular weight excluding hydrogens is 612 g/mol. The zero-order chi connectivity index (χ0) is 28.8. The SMILES string of the molecule is Cl.N[C@H]1C[C@@H](n2ncc(N3CCC(O)(C(=O)NCc4cc(Cl)cc(Cl)c4F)C3=O)n2)CO[C@@H]1c1cc(F)ccc1F. The average molecular weight is 636 g/mol. The topological polar surface area (TPSA) is 136 Å². The van der Waals surface area contributed by atoms with Gasteiger partial charge in [-0.25, -0.2) is 13.2 Å². The van der Waals surface area contributed by atoms with Crippen LogP contribution in [0.15, 0.2) is 36.5 Å². The molecule has 3 aromatic rings. The Morgan fingerprint density at radius 1 is 1.24 bits per heavy atom. The van der Waals surface area contributed by atoms with E-state index in [9.17, 15) is 27.9 Å². The van der Waals surface area contributed by atoms with Crippen LogP contribution in [0.5, 0.6) is 0 Å². The Balaban J connectivity index is 0.00000387. The zero-order valence-corrected chi connectivity index (χ0v) is 23.4. The summed E-state index contributed by atoms with van der Waals surface area (Å²) in [5.41, 5.74) is 3.79. The Kier molecular flexibility index (Phi) is 9.16. The Labute approximate surface area is 247 Å². The number of nitrogens with zero attached hydrogens (tertiary/aromatic N) is 4. The van der Waals surface area contributed by atoms with Crippen LogP contribution in [0.2, 0.25) is 10.0 Å². The first-order valence-electron chi connectivity index (χ1n) is 12.2. The molecule has 10 nitrogen and oxygen atoms in total. The summed E-state index contributed by atoms with van der Waals surface area (Å²) in [6, 6.07) is 4.35. The monoisotopic (exact) mass is 634 g/mol. The van der Waals surface area contributed by atoms with Gasteiger partial charge in [0.2, 0.25) is 5.60 Å². The van der Waals surface area contributed by atoms with Gasteiger partial charge in [0, 0.05) is 41.7 Å². The molecule has 3 heterocycles. The lowest BCUT2D eigenvalue weighted by Crippen LogP contribution is -2.52. The van der Waals surface area contributed by atoms with Gasteiger partial charge in [0.25, 0.3) is 11.8 Å². The zero-order valence-electron chi connectivity index (χ0n) is 21.1. The second kappa shape index (κ2) is 12.1. The van der Waals surface area contributed by atoms with E-state index in [1.807, 2.05) is 0 Å². The molecule has 2 fully saturated rings. The third-order valence-corrected chi connectivity index (χ3v) is 7.44. The highest BCUT2D eigenvalue weighted by Gasteiger charge is 2.52. The van der Waals surface area contributed by atoms with Crippen LogP contribution in [0.3, 0.4) is 0 Å². The van der Waals surface area contributed by atoms with E-state index in [0.29, 0.717) is 0 Å². The normalized spacial score (nSPS) is 24.3. The molecule has 2 aliphatic rings. The molecule has 0 aliphatic carbocycles. The molecule has 4 N–H and O–H groups in total. The van der Waals surface area contributed by atoms with Crippen LogP contribution in [-0.2, 0) is 20.9 Å². The summed E-state index contributed by atoms with van der Waals surface area (Å²) in [5, 5.41) is 21.6. The summed E-state index contributed by atoms with van der Waals surface area (Å²) in [6.45, 7) is -0.369. The lowest BCUT2D eigenvalue weighted by Gasteiger charge is -2.34. The van der Waals surface area contributed by atoms with E-state index < -0.39 is 53.1 Å². The lowest BCUT2D eigenvalue weighted by molar-refractivity contribution is -0.149. The second-order valence-corrected chi connectivity index (χ2v) is 10.5. The van der Waals surface area contributed by atoms with Crippen molar-refractivity contribution in [3.8, 4) is 0 Å². The number of carbonyl (C=O) groups is 2. The molecule has 1 unspecified atom stereocenters. The van der Waals surface area contributed by atoms with Gasteiger partial charge in [-0.2, -0.15) is 9.90 Å². The quantitative estimate of drug-likeness (QED) is 0.280. The van der Waals surface area contributed by atoms with E-state index in [-0.39, 0.29) is 71.9 Å². The number of aliphatic hydroxyl groups is 1. The minimum Gasteiger partial charge on any atom is -0.372 e. The number of carbonyl (C=O) groups excluding carboxylic acids is 2. The molecule has 0 radical (unpaired) electrons. The van der Waals surface area contributed by atoms with Crippen molar-refractivity contribution >= 4 is 53.2 Å². The van der Waals surface area contributed by atoms with Crippen LogP contribution in [0, 0.1) is 17.5 Å². The summed E-state index contributed by atoms with van der Waals surface area (Å²) in [5.74, 6) is -3.91. The number of amides is 2. The summed E-state index contributed by atoms with van der Waals surface area (Å²) >= 11 is 11.7. The summed E-state index contributed by atoms with van der Waals surface area (Å²) in [6.07, 6.45) is 0.433.